The summed E-state index contributed by atoms with van der Waals surface area (Å²) in [7, 11) is 0. The summed E-state index contributed by atoms with van der Waals surface area (Å²) in [6.07, 6.45) is 1.55. The largest absolute Gasteiger partial charge is 0.477 e. The van der Waals surface area contributed by atoms with Crippen molar-refractivity contribution >= 4 is 17.5 Å². The number of carboxylic acid groups (broad SMARTS) is 1. The van der Waals surface area contributed by atoms with Crippen molar-refractivity contribution in [2.75, 3.05) is 0 Å². The van der Waals surface area contributed by atoms with Gasteiger partial charge in [-0.05, 0) is 29.7 Å². The summed E-state index contributed by atoms with van der Waals surface area (Å²) in [5.41, 5.74) is 1.12. The predicted octanol–water partition coefficient (Wildman–Crippen LogP) is 1.30. The number of carbonyl (C=O) groups is 1. The molecule has 2 aromatic heterocycles. The van der Waals surface area contributed by atoms with E-state index in [1.165, 1.54) is 6.07 Å². The summed E-state index contributed by atoms with van der Waals surface area (Å²) in [4.78, 5) is 10.8. The minimum atomic E-state index is -0.974. The Bertz CT molecular complexity index is 455. The molecule has 0 unspecified atom stereocenters. The summed E-state index contributed by atoms with van der Waals surface area (Å²) in [6.45, 7) is 0. The van der Waals surface area contributed by atoms with Gasteiger partial charge in [-0.3, -0.25) is 0 Å². The van der Waals surface area contributed by atoms with E-state index in [0.29, 0.717) is 11.4 Å². The molecule has 0 bridgehead atoms. The van der Waals surface area contributed by atoms with Crippen LogP contribution >= 0.6 is 11.5 Å². The lowest BCUT2D eigenvalue weighted by atomic mass is 10.3. The first kappa shape index (κ1) is 8.76. The van der Waals surface area contributed by atoms with E-state index in [4.69, 9.17) is 5.11 Å². The van der Waals surface area contributed by atoms with Crippen molar-refractivity contribution in [3.63, 3.8) is 0 Å². The molecule has 2 aromatic rings. The highest BCUT2D eigenvalue weighted by atomic mass is 32.1. The van der Waals surface area contributed by atoms with Crippen LogP contribution in [0.4, 0.5) is 0 Å². The van der Waals surface area contributed by atoms with Crippen LogP contribution in [0.3, 0.4) is 0 Å². The van der Waals surface area contributed by atoms with E-state index in [-0.39, 0.29) is 4.88 Å². The second-order valence-electron chi connectivity index (χ2n) is 2.49. The third-order valence-corrected chi connectivity index (χ3v) is 2.33. The molecule has 70 valence electrons. The fourth-order valence-corrected chi connectivity index (χ4v) is 1.52. The number of hydrogen-bond donors (Lipinski definition) is 1. The van der Waals surface area contributed by atoms with Gasteiger partial charge in [0.25, 0.3) is 0 Å². The van der Waals surface area contributed by atoms with Gasteiger partial charge in [0.05, 0.1) is 0 Å². The molecule has 0 saturated heterocycles. The van der Waals surface area contributed by atoms with Crippen molar-refractivity contribution in [1.29, 1.82) is 0 Å². The Hall–Kier alpha value is -1.82. The molecule has 2 heterocycles. The first-order chi connectivity index (χ1) is 6.77. The lowest BCUT2D eigenvalue weighted by Crippen LogP contribution is -1.90. The Morgan fingerprint density at radius 1 is 1.43 bits per heavy atom. The smallest absolute Gasteiger partial charge is 0.347 e. The summed E-state index contributed by atoms with van der Waals surface area (Å²) >= 11 is 0.935. The summed E-state index contributed by atoms with van der Waals surface area (Å²) in [5.74, 6) is -0.974. The van der Waals surface area contributed by atoms with Gasteiger partial charge in [-0.1, -0.05) is 0 Å². The number of hydrogen-bond acceptors (Lipinski definition) is 5. The molecule has 5 nitrogen and oxygen atoms in total. The van der Waals surface area contributed by atoms with Gasteiger partial charge in [0.15, 0.2) is 0 Å². The SMILES string of the molecule is O=C(O)c1cc(-c2cccnn2)ns1. The number of aromatic carboxylic acids is 1. The molecule has 0 saturated carbocycles. The standard InChI is InChI=1S/C8H5N3O2S/c12-8(13)7-4-6(11-14-7)5-2-1-3-9-10-5/h1-4H,(H,12,13). The van der Waals surface area contributed by atoms with Gasteiger partial charge in [0.1, 0.15) is 16.3 Å². The average Bonchev–Trinajstić information content (AvgIpc) is 2.68. The fourth-order valence-electron chi connectivity index (χ4n) is 0.935. The first-order valence-corrected chi connectivity index (χ1v) is 4.53. The highest BCUT2D eigenvalue weighted by Crippen LogP contribution is 2.18. The van der Waals surface area contributed by atoms with E-state index in [1.807, 2.05) is 0 Å². The minimum absolute atomic E-state index is 0.200. The molecule has 0 aliphatic carbocycles. The van der Waals surface area contributed by atoms with Gasteiger partial charge >= 0.3 is 5.97 Å². The molecule has 0 spiro atoms. The Labute approximate surface area is 83.2 Å². The van der Waals surface area contributed by atoms with E-state index < -0.39 is 5.97 Å². The van der Waals surface area contributed by atoms with Gasteiger partial charge in [0, 0.05) is 6.20 Å². The van der Waals surface area contributed by atoms with Crippen LogP contribution in [0, 0.1) is 0 Å². The lowest BCUT2D eigenvalue weighted by Gasteiger charge is -1.90. The Morgan fingerprint density at radius 3 is 2.86 bits per heavy atom. The number of aromatic nitrogens is 3. The van der Waals surface area contributed by atoms with Gasteiger partial charge in [-0.2, -0.15) is 9.47 Å². The zero-order valence-electron chi connectivity index (χ0n) is 6.91. The van der Waals surface area contributed by atoms with Crippen molar-refractivity contribution in [2.24, 2.45) is 0 Å². The molecule has 2 rings (SSSR count). The van der Waals surface area contributed by atoms with Crippen LogP contribution in [0.2, 0.25) is 0 Å². The molecule has 0 amide bonds. The third kappa shape index (κ3) is 1.60. The van der Waals surface area contributed by atoms with E-state index in [2.05, 4.69) is 14.6 Å². The van der Waals surface area contributed by atoms with Crippen LogP contribution < -0.4 is 0 Å². The van der Waals surface area contributed by atoms with Crippen LogP contribution in [-0.2, 0) is 0 Å². The van der Waals surface area contributed by atoms with Crippen molar-refractivity contribution in [2.45, 2.75) is 0 Å². The maximum atomic E-state index is 10.6. The number of nitrogens with zero attached hydrogens (tertiary/aromatic N) is 3. The molecule has 0 fully saturated rings. The number of carboxylic acids is 1. The number of rotatable bonds is 2. The molecule has 0 aliphatic heterocycles. The summed E-state index contributed by atoms with van der Waals surface area (Å²) in [6, 6.07) is 4.94. The molecule has 6 heteroatoms. The minimum Gasteiger partial charge on any atom is -0.477 e. The zero-order chi connectivity index (χ0) is 9.97. The van der Waals surface area contributed by atoms with Crippen LogP contribution in [0.15, 0.2) is 24.4 Å². The highest BCUT2D eigenvalue weighted by Gasteiger charge is 2.10. The monoisotopic (exact) mass is 207 g/mol. The van der Waals surface area contributed by atoms with E-state index in [1.54, 1.807) is 18.3 Å². The molecule has 0 radical (unpaired) electrons. The normalized spacial score (nSPS) is 10.0. The van der Waals surface area contributed by atoms with E-state index in [0.717, 1.165) is 11.5 Å². The maximum Gasteiger partial charge on any atom is 0.347 e. The second kappa shape index (κ2) is 3.51. The van der Waals surface area contributed by atoms with E-state index >= 15 is 0 Å². The highest BCUT2D eigenvalue weighted by molar-refractivity contribution is 7.08. The summed E-state index contributed by atoms with van der Waals surface area (Å²) < 4.78 is 3.97. The average molecular weight is 207 g/mol. The van der Waals surface area contributed by atoms with Crippen LogP contribution in [-0.4, -0.2) is 25.6 Å². The fraction of sp³-hybridized carbons (Fsp3) is 0. The van der Waals surface area contributed by atoms with Gasteiger partial charge in [-0.15, -0.1) is 5.10 Å². The maximum absolute atomic E-state index is 10.6. The topological polar surface area (TPSA) is 76.0 Å². The van der Waals surface area contributed by atoms with Crippen LogP contribution in [0.1, 0.15) is 9.67 Å². The molecule has 0 aliphatic rings. The van der Waals surface area contributed by atoms with Gasteiger partial charge in [-0.25, -0.2) is 4.79 Å². The van der Waals surface area contributed by atoms with Crippen molar-refractivity contribution in [3.05, 3.63) is 29.3 Å². The molecule has 1 N–H and O–H groups in total. The van der Waals surface area contributed by atoms with Crippen molar-refractivity contribution in [1.82, 2.24) is 14.6 Å². The Kier molecular flexibility index (Phi) is 2.19. The zero-order valence-corrected chi connectivity index (χ0v) is 7.73. The van der Waals surface area contributed by atoms with E-state index in [9.17, 15) is 4.79 Å². The predicted molar refractivity (Wildman–Crippen MR) is 50.1 cm³/mol. The lowest BCUT2D eigenvalue weighted by molar-refractivity contribution is 0.0702. The second-order valence-corrected chi connectivity index (χ2v) is 3.30. The van der Waals surface area contributed by atoms with Gasteiger partial charge in [0.2, 0.25) is 0 Å². The summed E-state index contributed by atoms with van der Waals surface area (Å²) in [5, 5.41) is 16.2. The first-order valence-electron chi connectivity index (χ1n) is 3.75. The van der Waals surface area contributed by atoms with Crippen molar-refractivity contribution < 1.29 is 9.90 Å². The molecule has 14 heavy (non-hydrogen) atoms. The van der Waals surface area contributed by atoms with Crippen LogP contribution in [0.25, 0.3) is 11.4 Å². The molecular formula is C8H5N3O2S. The molecule has 0 aromatic carbocycles. The van der Waals surface area contributed by atoms with Crippen molar-refractivity contribution in [3.8, 4) is 11.4 Å². The Morgan fingerprint density at radius 2 is 2.29 bits per heavy atom. The quantitative estimate of drug-likeness (QED) is 0.803. The Balaban J connectivity index is 2.39. The molecular weight excluding hydrogens is 202 g/mol. The van der Waals surface area contributed by atoms with Gasteiger partial charge < -0.3 is 5.11 Å². The molecule has 0 atom stereocenters. The third-order valence-electron chi connectivity index (χ3n) is 1.56. The van der Waals surface area contributed by atoms with Crippen LogP contribution in [0.5, 0.6) is 0 Å².